The number of rotatable bonds is 5. The zero-order valence-electron chi connectivity index (χ0n) is 13.6. The van der Waals surface area contributed by atoms with Gasteiger partial charge in [0, 0.05) is 18.4 Å². The Labute approximate surface area is 141 Å². The van der Waals surface area contributed by atoms with Gasteiger partial charge in [0.15, 0.2) is 0 Å². The Morgan fingerprint density at radius 1 is 1.12 bits per heavy atom. The molecule has 1 amide bonds. The van der Waals surface area contributed by atoms with E-state index >= 15 is 0 Å². The molecule has 0 aliphatic carbocycles. The number of nitrogens with one attached hydrogen (secondary N) is 1. The molecule has 0 fully saturated rings. The van der Waals surface area contributed by atoms with Crippen molar-refractivity contribution in [2.75, 3.05) is 6.54 Å². The van der Waals surface area contributed by atoms with E-state index in [-0.39, 0.29) is 18.9 Å². The molecule has 2 N–H and O–H groups in total. The zero-order valence-corrected chi connectivity index (χ0v) is 13.6. The highest BCUT2D eigenvalue weighted by Gasteiger charge is 2.10. The van der Waals surface area contributed by atoms with Crippen LogP contribution >= 0.6 is 0 Å². The molecule has 4 nitrogen and oxygen atoms in total. The van der Waals surface area contributed by atoms with E-state index in [4.69, 9.17) is 0 Å². The zero-order chi connectivity index (χ0) is 16.9. The number of carbonyl (C=O) groups excluding carboxylic acids is 1. The minimum atomic E-state index is -0.727. The maximum Gasteiger partial charge on any atom is 0.224 e. The second kappa shape index (κ2) is 7.23. The van der Waals surface area contributed by atoms with Crippen molar-refractivity contribution in [3.05, 3.63) is 77.6 Å². The molecule has 0 radical (unpaired) electrons. The molecule has 0 spiro atoms. The van der Waals surface area contributed by atoms with Crippen molar-refractivity contribution < 1.29 is 9.90 Å². The summed E-state index contributed by atoms with van der Waals surface area (Å²) in [6.45, 7) is 2.10. The summed E-state index contributed by atoms with van der Waals surface area (Å²) in [5.74, 6) is -0.125. The lowest BCUT2D eigenvalue weighted by atomic mass is 10.0. The highest BCUT2D eigenvalue weighted by Crippen LogP contribution is 2.20. The van der Waals surface area contributed by atoms with E-state index in [0.717, 1.165) is 27.6 Å². The minimum absolute atomic E-state index is 0.125. The summed E-state index contributed by atoms with van der Waals surface area (Å²) >= 11 is 0. The van der Waals surface area contributed by atoms with Gasteiger partial charge < -0.3 is 10.4 Å². The molecule has 1 atom stereocenters. The Morgan fingerprint density at radius 2 is 1.92 bits per heavy atom. The number of carbonyl (C=O) groups is 1. The lowest BCUT2D eigenvalue weighted by Gasteiger charge is -2.13. The van der Waals surface area contributed by atoms with E-state index in [1.54, 1.807) is 6.20 Å². The summed E-state index contributed by atoms with van der Waals surface area (Å²) in [6, 6.07) is 17.6. The van der Waals surface area contributed by atoms with Crippen LogP contribution in [0.2, 0.25) is 0 Å². The Bertz CT molecular complexity index is 844. The third kappa shape index (κ3) is 3.97. The normalized spacial score (nSPS) is 12.1. The summed E-state index contributed by atoms with van der Waals surface area (Å²) in [6.07, 6.45) is 1.24. The van der Waals surface area contributed by atoms with Crippen LogP contribution in [0.25, 0.3) is 10.8 Å². The summed E-state index contributed by atoms with van der Waals surface area (Å²) in [7, 11) is 0. The lowest BCUT2D eigenvalue weighted by molar-refractivity contribution is -0.120. The smallest absolute Gasteiger partial charge is 0.224 e. The third-order valence-corrected chi connectivity index (χ3v) is 3.99. The van der Waals surface area contributed by atoms with Crippen molar-refractivity contribution in [2.45, 2.75) is 19.4 Å². The van der Waals surface area contributed by atoms with Gasteiger partial charge in [-0.2, -0.15) is 0 Å². The third-order valence-electron chi connectivity index (χ3n) is 3.99. The number of benzene rings is 2. The number of hydrogen-bond donors (Lipinski definition) is 2. The van der Waals surface area contributed by atoms with E-state index in [9.17, 15) is 9.90 Å². The summed E-state index contributed by atoms with van der Waals surface area (Å²) in [5, 5.41) is 15.3. The molecular formula is C20H20N2O2. The first-order valence-electron chi connectivity index (χ1n) is 7.97. The van der Waals surface area contributed by atoms with Crippen LogP contribution in [0.3, 0.4) is 0 Å². The van der Waals surface area contributed by atoms with Crippen molar-refractivity contribution in [2.24, 2.45) is 0 Å². The van der Waals surface area contributed by atoms with E-state index in [1.807, 2.05) is 61.5 Å². The van der Waals surface area contributed by atoms with Crippen molar-refractivity contribution >= 4 is 16.7 Å². The molecular weight excluding hydrogens is 300 g/mol. The number of amides is 1. The molecule has 3 aromatic rings. The predicted molar refractivity (Wildman–Crippen MR) is 94.6 cm³/mol. The van der Waals surface area contributed by atoms with Gasteiger partial charge in [-0.1, -0.05) is 42.5 Å². The van der Waals surface area contributed by atoms with Crippen LogP contribution in [0, 0.1) is 6.92 Å². The highest BCUT2D eigenvalue weighted by molar-refractivity contribution is 5.83. The topological polar surface area (TPSA) is 62.2 Å². The number of fused-ring (bicyclic) bond motifs is 1. The average Bonchev–Trinajstić information content (AvgIpc) is 2.61. The molecule has 0 aliphatic heterocycles. The summed E-state index contributed by atoms with van der Waals surface area (Å²) < 4.78 is 0. The lowest BCUT2D eigenvalue weighted by Crippen LogP contribution is -2.29. The second-order valence-electron chi connectivity index (χ2n) is 5.91. The van der Waals surface area contributed by atoms with Crippen LogP contribution < -0.4 is 5.32 Å². The molecule has 122 valence electrons. The van der Waals surface area contributed by atoms with Gasteiger partial charge in [0.05, 0.1) is 12.5 Å². The first-order valence-corrected chi connectivity index (χ1v) is 7.97. The largest absolute Gasteiger partial charge is 0.387 e. The number of nitrogens with zero attached hydrogens (tertiary/aromatic N) is 1. The Balaban J connectivity index is 1.58. The molecule has 1 aromatic heterocycles. The Morgan fingerprint density at radius 3 is 2.67 bits per heavy atom. The van der Waals surface area contributed by atoms with Crippen molar-refractivity contribution in [3.8, 4) is 0 Å². The molecule has 1 heterocycles. The van der Waals surface area contributed by atoms with Gasteiger partial charge in [0.1, 0.15) is 0 Å². The van der Waals surface area contributed by atoms with E-state index in [1.165, 1.54) is 0 Å². The second-order valence-corrected chi connectivity index (χ2v) is 5.91. The molecule has 4 heteroatoms. The first-order chi connectivity index (χ1) is 11.6. The standard InChI is InChI=1S/C20H20N2O2/c1-14-6-7-15(12-21-14)10-20(24)22-13-19(23)18-9-8-16-4-2-3-5-17(16)11-18/h2-9,11-12,19,23H,10,13H2,1H3,(H,22,24). The first kappa shape index (κ1) is 16.1. The number of aryl methyl sites for hydroxylation is 1. The Hall–Kier alpha value is -2.72. The predicted octanol–water partition coefficient (Wildman–Crippen LogP) is 2.94. The van der Waals surface area contributed by atoms with Gasteiger partial charge >= 0.3 is 0 Å². The van der Waals surface area contributed by atoms with Gasteiger partial charge in [-0.15, -0.1) is 0 Å². The van der Waals surface area contributed by atoms with Crippen LogP contribution in [0.1, 0.15) is 22.9 Å². The van der Waals surface area contributed by atoms with Crippen LogP contribution in [-0.2, 0) is 11.2 Å². The molecule has 0 bridgehead atoms. The summed E-state index contributed by atoms with van der Waals surface area (Å²) in [5.41, 5.74) is 2.58. The molecule has 0 saturated carbocycles. The van der Waals surface area contributed by atoms with Crippen LogP contribution in [-0.4, -0.2) is 22.5 Å². The molecule has 0 aliphatic rings. The number of aliphatic hydroxyl groups is 1. The van der Waals surface area contributed by atoms with Crippen molar-refractivity contribution in [3.63, 3.8) is 0 Å². The van der Waals surface area contributed by atoms with Crippen molar-refractivity contribution in [1.29, 1.82) is 0 Å². The van der Waals surface area contributed by atoms with Crippen LogP contribution in [0.5, 0.6) is 0 Å². The Kier molecular flexibility index (Phi) is 4.87. The number of aromatic nitrogens is 1. The molecule has 0 saturated heterocycles. The van der Waals surface area contributed by atoms with Crippen LogP contribution in [0.15, 0.2) is 60.8 Å². The molecule has 3 rings (SSSR count). The van der Waals surface area contributed by atoms with E-state index in [2.05, 4.69) is 10.3 Å². The fraction of sp³-hybridized carbons (Fsp3) is 0.200. The number of aliphatic hydroxyl groups excluding tert-OH is 1. The molecule has 2 aromatic carbocycles. The molecule has 1 unspecified atom stereocenters. The maximum absolute atomic E-state index is 12.0. The van der Waals surface area contributed by atoms with Gasteiger partial charge in [-0.25, -0.2) is 0 Å². The highest BCUT2D eigenvalue weighted by atomic mass is 16.3. The van der Waals surface area contributed by atoms with Gasteiger partial charge in [0.25, 0.3) is 0 Å². The molecule has 24 heavy (non-hydrogen) atoms. The van der Waals surface area contributed by atoms with Gasteiger partial charge in [-0.3, -0.25) is 9.78 Å². The van der Waals surface area contributed by atoms with E-state index in [0.29, 0.717) is 0 Å². The summed E-state index contributed by atoms with van der Waals surface area (Å²) in [4.78, 5) is 16.2. The fourth-order valence-corrected chi connectivity index (χ4v) is 2.59. The number of hydrogen-bond acceptors (Lipinski definition) is 3. The SMILES string of the molecule is Cc1ccc(CC(=O)NCC(O)c2ccc3ccccc3c2)cn1. The quantitative estimate of drug-likeness (QED) is 0.760. The van der Waals surface area contributed by atoms with Gasteiger partial charge in [0.2, 0.25) is 5.91 Å². The van der Waals surface area contributed by atoms with E-state index < -0.39 is 6.10 Å². The minimum Gasteiger partial charge on any atom is -0.387 e. The number of pyridine rings is 1. The fourth-order valence-electron chi connectivity index (χ4n) is 2.59. The van der Waals surface area contributed by atoms with Crippen LogP contribution in [0.4, 0.5) is 0 Å². The maximum atomic E-state index is 12.0. The van der Waals surface area contributed by atoms with Gasteiger partial charge in [-0.05, 0) is 41.0 Å². The van der Waals surface area contributed by atoms with Crippen molar-refractivity contribution in [1.82, 2.24) is 10.3 Å². The monoisotopic (exact) mass is 320 g/mol. The average molecular weight is 320 g/mol.